The van der Waals surface area contributed by atoms with Crippen molar-refractivity contribution in [3.8, 4) is 0 Å². The highest BCUT2D eigenvalue weighted by atomic mass is 32.2. The molecule has 0 fully saturated rings. The highest BCUT2D eigenvalue weighted by molar-refractivity contribution is 8.00. The first-order valence-corrected chi connectivity index (χ1v) is 11.3. The van der Waals surface area contributed by atoms with Gasteiger partial charge < -0.3 is 5.32 Å². The maximum absolute atomic E-state index is 12.3. The quantitative estimate of drug-likeness (QED) is 0.391. The van der Waals surface area contributed by atoms with Crippen molar-refractivity contribution < 1.29 is 4.79 Å². The average Bonchev–Trinajstić information content (AvgIpc) is 3.29. The van der Waals surface area contributed by atoms with E-state index in [9.17, 15) is 4.79 Å². The fraction of sp³-hybridized carbons (Fsp3) is 0.263. The Morgan fingerprint density at radius 2 is 2.18 bits per heavy atom. The van der Waals surface area contributed by atoms with Crippen LogP contribution in [0.3, 0.4) is 0 Å². The molecule has 0 atom stereocenters. The van der Waals surface area contributed by atoms with Crippen molar-refractivity contribution in [2.24, 2.45) is 0 Å². The smallest absolute Gasteiger partial charge is 0.230 e. The molecule has 3 rings (SSSR count). The molecule has 0 saturated carbocycles. The lowest BCUT2D eigenvalue weighted by Gasteiger charge is -2.20. The Morgan fingerprint density at radius 1 is 1.36 bits per heavy atom. The van der Waals surface area contributed by atoms with Gasteiger partial charge in [0.15, 0.2) is 9.47 Å². The Labute approximate surface area is 176 Å². The van der Waals surface area contributed by atoms with Crippen LogP contribution in [0.1, 0.15) is 23.7 Å². The lowest BCUT2D eigenvalue weighted by atomic mass is 10.1. The summed E-state index contributed by atoms with van der Waals surface area (Å²) >= 11 is 4.55. The van der Waals surface area contributed by atoms with E-state index in [1.165, 1.54) is 28.2 Å². The lowest BCUT2D eigenvalue weighted by Crippen LogP contribution is -2.23. The number of rotatable bonds is 8. The van der Waals surface area contributed by atoms with Gasteiger partial charge in [-0.1, -0.05) is 46.9 Å². The van der Waals surface area contributed by atoms with Crippen LogP contribution in [0.2, 0.25) is 0 Å². The van der Waals surface area contributed by atoms with Crippen molar-refractivity contribution in [1.29, 1.82) is 0 Å². The molecule has 1 amide bonds. The lowest BCUT2D eigenvalue weighted by molar-refractivity contribution is -0.115. The first-order chi connectivity index (χ1) is 13.5. The number of thiazole rings is 1. The van der Waals surface area contributed by atoms with E-state index >= 15 is 0 Å². The van der Waals surface area contributed by atoms with Gasteiger partial charge in [0, 0.05) is 24.6 Å². The second-order valence-corrected chi connectivity index (χ2v) is 9.13. The Hall–Kier alpha value is -2.23. The maximum atomic E-state index is 12.3. The molecule has 0 spiro atoms. The van der Waals surface area contributed by atoms with Crippen LogP contribution in [0.5, 0.6) is 0 Å². The molecule has 1 aromatic carbocycles. The summed E-state index contributed by atoms with van der Waals surface area (Å²) in [6, 6.07) is 6.06. The van der Waals surface area contributed by atoms with Gasteiger partial charge in [-0.2, -0.15) is 0 Å². The molecule has 0 bridgehead atoms. The Balaban J connectivity index is 1.71. The number of carbonyl (C=O) groups excluding carboxylic acids is 1. The molecule has 2 heterocycles. The Kier molecular flexibility index (Phi) is 6.82. The SMILES string of the molecule is C=CCNc1nnc(SCc2csc(N(C(C)=O)c3ccc(C)cc3C)n2)s1. The van der Waals surface area contributed by atoms with Gasteiger partial charge in [-0.3, -0.25) is 9.69 Å². The molecular weight excluding hydrogens is 410 g/mol. The fourth-order valence-corrected chi connectivity index (χ4v) is 5.20. The van der Waals surface area contributed by atoms with Gasteiger partial charge >= 0.3 is 0 Å². The van der Waals surface area contributed by atoms with Crippen molar-refractivity contribution in [2.75, 3.05) is 16.8 Å². The third kappa shape index (κ3) is 4.98. The van der Waals surface area contributed by atoms with Gasteiger partial charge in [0.1, 0.15) is 0 Å². The van der Waals surface area contributed by atoms with Crippen LogP contribution in [-0.4, -0.2) is 27.6 Å². The van der Waals surface area contributed by atoms with Crippen molar-refractivity contribution >= 4 is 56.3 Å². The van der Waals surface area contributed by atoms with Gasteiger partial charge in [0.05, 0.1) is 11.4 Å². The topological polar surface area (TPSA) is 71.0 Å². The molecule has 0 aliphatic rings. The van der Waals surface area contributed by atoms with E-state index in [0.29, 0.717) is 17.4 Å². The molecule has 0 aliphatic heterocycles. The predicted molar refractivity (Wildman–Crippen MR) is 119 cm³/mol. The number of hydrogen-bond acceptors (Lipinski definition) is 8. The summed E-state index contributed by atoms with van der Waals surface area (Å²) in [5.41, 5.74) is 4.00. The molecule has 0 aliphatic carbocycles. The van der Waals surface area contributed by atoms with E-state index in [-0.39, 0.29) is 5.91 Å². The van der Waals surface area contributed by atoms with Crippen LogP contribution in [0.15, 0.2) is 40.6 Å². The first kappa shape index (κ1) is 20.5. The molecule has 3 aromatic rings. The summed E-state index contributed by atoms with van der Waals surface area (Å²) in [7, 11) is 0. The second kappa shape index (κ2) is 9.31. The molecule has 2 aromatic heterocycles. The van der Waals surface area contributed by atoms with Gasteiger partial charge in [0.2, 0.25) is 11.0 Å². The number of hydrogen-bond donors (Lipinski definition) is 1. The van der Waals surface area contributed by atoms with E-state index in [0.717, 1.165) is 26.4 Å². The molecule has 0 radical (unpaired) electrons. The minimum Gasteiger partial charge on any atom is -0.357 e. The monoisotopic (exact) mass is 431 g/mol. The van der Waals surface area contributed by atoms with Crippen LogP contribution in [-0.2, 0) is 10.5 Å². The molecule has 0 saturated heterocycles. The summed E-state index contributed by atoms with van der Waals surface area (Å²) < 4.78 is 0.874. The number of thioether (sulfide) groups is 1. The zero-order chi connectivity index (χ0) is 20.1. The fourth-order valence-electron chi connectivity index (χ4n) is 2.56. The maximum Gasteiger partial charge on any atom is 0.230 e. The number of amides is 1. The van der Waals surface area contributed by atoms with E-state index in [1.54, 1.807) is 29.7 Å². The number of anilines is 3. The van der Waals surface area contributed by atoms with Gasteiger partial charge in [-0.25, -0.2) is 4.98 Å². The molecule has 28 heavy (non-hydrogen) atoms. The highest BCUT2D eigenvalue weighted by Crippen LogP contribution is 2.34. The van der Waals surface area contributed by atoms with E-state index in [2.05, 4.69) is 33.1 Å². The normalized spacial score (nSPS) is 10.7. The molecule has 9 heteroatoms. The third-order valence-electron chi connectivity index (χ3n) is 3.79. The molecule has 1 N–H and O–H groups in total. The van der Waals surface area contributed by atoms with E-state index < -0.39 is 0 Å². The second-order valence-electron chi connectivity index (χ2n) is 6.10. The van der Waals surface area contributed by atoms with Gasteiger partial charge in [-0.15, -0.1) is 28.1 Å². The highest BCUT2D eigenvalue weighted by Gasteiger charge is 2.20. The number of aromatic nitrogens is 3. The largest absolute Gasteiger partial charge is 0.357 e. The van der Waals surface area contributed by atoms with Crippen molar-refractivity contribution in [3.05, 3.63) is 53.1 Å². The molecule has 6 nitrogen and oxygen atoms in total. The minimum atomic E-state index is -0.0532. The van der Waals surface area contributed by atoms with Gasteiger partial charge in [-0.05, 0) is 25.5 Å². The molecule has 0 unspecified atom stereocenters. The molecular formula is C19H21N5OS3. The minimum absolute atomic E-state index is 0.0532. The van der Waals surface area contributed by atoms with Crippen LogP contribution in [0.25, 0.3) is 0 Å². The molecule has 146 valence electrons. The zero-order valence-corrected chi connectivity index (χ0v) is 18.4. The third-order valence-corrected chi connectivity index (χ3v) is 6.71. The Bertz CT molecular complexity index is 982. The summed E-state index contributed by atoms with van der Waals surface area (Å²) in [6.45, 7) is 9.95. The number of nitrogens with zero attached hydrogens (tertiary/aromatic N) is 4. The van der Waals surface area contributed by atoms with Crippen LogP contribution in [0, 0.1) is 13.8 Å². The standard InChI is InChI=1S/C19H21N5OS3/c1-5-8-20-17-22-23-19(28-17)27-11-15-10-26-18(21-15)24(14(4)25)16-7-6-12(2)9-13(16)3/h5-7,9-10H,1,8,11H2,2-4H3,(H,20,22). The zero-order valence-electron chi connectivity index (χ0n) is 15.9. The van der Waals surface area contributed by atoms with Crippen LogP contribution >= 0.6 is 34.4 Å². The average molecular weight is 432 g/mol. The summed E-state index contributed by atoms with van der Waals surface area (Å²) in [5, 5.41) is 14.8. The summed E-state index contributed by atoms with van der Waals surface area (Å²) in [5.74, 6) is 0.619. The Morgan fingerprint density at radius 3 is 2.89 bits per heavy atom. The van der Waals surface area contributed by atoms with Crippen molar-refractivity contribution in [2.45, 2.75) is 30.9 Å². The van der Waals surface area contributed by atoms with Crippen molar-refractivity contribution in [3.63, 3.8) is 0 Å². The van der Waals surface area contributed by atoms with E-state index in [4.69, 9.17) is 0 Å². The van der Waals surface area contributed by atoms with Gasteiger partial charge in [0.25, 0.3) is 0 Å². The summed E-state index contributed by atoms with van der Waals surface area (Å²) in [6.07, 6.45) is 1.78. The number of carbonyl (C=O) groups is 1. The predicted octanol–water partition coefficient (Wildman–Crippen LogP) is 5.19. The van der Waals surface area contributed by atoms with Crippen molar-refractivity contribution in [1.82, 2.24) is 15.2 Å². The van der Waals surface area contributed by atoms with Crippen LogP contribution < -0.4 is 10.2 Å². The number of aryl methyl sites for hydroxylation is 2. The summed E-state index contributed by atoms with van der Waals surface area (Å²) in [4.78, 5) is 18.7. The first-order valence-electron chi connectivity index (χ1n) is 8.61. The number of benzene rings is 1. The van der Waals surface area contributed by atoms with Crippen LogP contribution in [0.4, 0.5) is 16.0 Å². The van der Waals surface area contributed by atoms with E-state index in [1.807, 2.05) is 31.4 Å². The number of nitrogens with one attached hydrogen (secondary N) is 1.